The molecule has 3 rings (SSSR count). The van der Waals surface area contributed by atoms with Crippen LogP contribution in [-0.2, 0) is 21.0 Å². The molecule has 2 aromatic rings. The topological polar surface area (TPSA) is 70.9 Å². The summed E-state index contributed by atoms with van der Waals surface area (Å²) in [5.74, 6) is -0.854. The number of rotatable bonds is 5. The van der Waals surface area contributed by atoms with E-state index >= 15 is 0 Å². The highest BCUT2D eigenvalue weighted by molar-refractivity contribution is 7.89. The molecule has 0 radical (unpaired) electrons. The molecule has 1 aliphatic rings. The molecule has 2 N–H and O–H groups in total. The van der Waals surface area contributed by atoms with Crippen molar-refractivity contribution in [3.63, 3.8) is 0 Å². The second-order valence-electron chi connectivity index (χ2n) is 6.88. The van der Waals surface area contributed by atoms with Crippen molar-refractivity contribution < 1.29 is 35.7 Å². The van der Waals surface area contributed by atoms with E-state index in [0.29, 0.717) is 5.69 Å². The van der Waals surface area contributed by atoms with E-state index in [0.717, 1.165) is 27.4 Å². The van der Waals surface area contributed by atoms with Crippen LogP contribution < -0.4 is 10.2 Å². The summed E-state index contributed by atoms with van der Waals surface area (Å²) >= 11 is 0. The van der Waals surface area contributed by atoms with Gasteiger partial charge in [0.25, 0.3) is 5.91 Å². The highest BCUT2D eigenvalue weighted by Gasteiger charge is 2.40. The van der Waals surface area contributed by atoms with Gasteiger partial charge in [-0.15, -0.1) is 0 Å². The number of anilines is 1. The van der Waals surface area contributed by atoms with Gasteiger partial charge in [0.1, 0.15) is 5.82 Å². The molecule has 1 amide bonds. The number of hydrogen-bond acceptors (Lipinski definition) is 3. The number of alkyl halides is 3. The Kier molecular flexibility index (Phi) is 6.44. The van der Waals surface area contributed by atoms with Crippen LogP contribution in [0.5, 0.6) is 0 Å². The Labute approximate surface area is 171 Å². The monoisotopic (exact) mass is 446 g/mol. The standard InChI is InChI=1S/C19H19F4N3O3S/c20-14-4-3-5-15(12-14)24-18(27)13-25-8-10-26(11-9-25)30(28,29)17-7-2-1-6-16(17)19(21,22)23/h1-7,12H,8-11,13H2,(H,24,27)/p+1. The van der Waals surface area contributed by atoms with Crippen LogP contribution >= 0.6 is 0 Å². The summed E-state index contributed by atoms with van der Waals surface area (Å²) in [6, 6.07) is 9.50. The van der Waals surface area contributed by atoms with Crippen LogP contribution in [0.3, 0.4) is 0 Å². The first-order valence-electron chi connectivity index (χ1n) is 9.13. The molecule has 0 bridgehead atoms. The average Bonchev–Trinajstić information content (AvgIpc) is 2.67. The van der Waals surface area contributed by atoms with Gasteiger partial charge in [0.15, 0.2) is 6.54 Å². The van der Waals surface area contributed by atoms with Crippen molar-refractivity contribution in [2.45, 2.75) is 11.1 Å². The van der Waals surface area contributed by atoms with Crippen LogP contribution in [-0.4, -0.2) is 51.4 Å². The lowest BCUT2D eigenvalue weighted by atomic mass is 10.2. The van der Waals surface area contributed by atoms with Crippen LogP contribution in [0, 0.1) is 5.82 Å². The first kappa shape index (κ1) is 22.2. The number of amides is 1. The van der Waals surface area contributed by atoms with E-state index in [4.69, 9.17) is 0 Å². The van der Waals surface area contributed by atoms with Crippen LogP contribution in [0.15, 0.2) is 53.4 Å². The zero-order valence-electron chi connectivity index (χ0n) is 15.7. The molecule has 0 saturated carbocycles. The van der Waals surface area contributed by atoms with Crippen molar-refractivity contribution in [2.75, 3.05) is 38.0 Å². The van der Waals surface area contributed by atoms with Crippen molar-refractivity contribution in [3.05, 3.63) is 59.9 Å². The van der Waals surface area contributed by atoms with Crippen molar-refractivity contribution in [3.8, 4) is 0 Å². The quantitative estimate of drug-likeness (QED) is 0.682. The van der Waals surface area contributed by atoms with Gasteiger partial charge in [-0.25, -0.2) is 12.8 Å². The molecule has 30 heavy (non-hydrogen) atoms. The van der Waals surface area contributed by atoms with E-state index in [1.54, 1.807) is 6.07 Å². The molecule has 6 nitrogen and oxygen atoms in total. The average molecular weight is 446 g/mol. The molecule has 1 fully saturated rings. The maximum Gasteiger partial charge on any atom is 0.417 e. The fraction of sp³-hybridized carbons (Fsp3) is 0.316. The Balaban J connectivity index is 1.62. The van der Waals surface area contributed by atoms with Gasteiger partial charge in [0, 0.05) is 5.69 Å². The van der Waals surface area contributed by atoms with Gasteiger partial charge in [-0.05, 0) is 30.3 Å². The summed E-state index contributed by atoms with van der Waals surface area (Å²) in [6.45, 7) is 0.506. The fourth-order valence-electron chi connectivity index (χ4n) is 3.28. The van der Waals surface area contributed by atoms with Gasteiger partial charge in [0.05, 0.1) is 36.6 Å². The predicted octanol–water partition coefficient (Wildman–Crippen LogP) is 1.37. The van der Waals surface area contributed by atoms with E-state index in [1.807, 2.05) is 0 Å². The minimum absolute atomic E-state index is 0.0168. The second kappa shape index (κ2) is 8.70. The van der Waals surface area contributed by atoms with Crippen molar-refractivity contribution in [1.82, 2.24) is 4.31 Å². The van der Waals surface area contributed by atoms with Crippen LogP contribution in [0.4, 0.5) is 23.2 Å². The largest absolute Gasteiger partial charge is 0.417 e. The highest BCUT2D eigenvalue weighted by Crippen LogP contribution is 2.35. The molecule has 1 saturated heterocycles. The van der Waals surface area contributed by atoms with Crippen LogP contribution in [0.2, 0.25) is 0 Å². The molecule has 0 spiro atoms. The number of halogens is 4. The number of carbonyl (C=O) groups excluding carboxylic acids is 1. The second-order valence-corrected chi connectivity index (χ2v) is 8.79. The minimum Gasteiger partial charge on any atom is -0.325 e. The first-order chi connectivity index (χ1) is 14.1. The Morgan fingerprint density at radius 3 is 2.37 bits per heavy atom. The molecule has 11 heteroatoms. The number of piperazine rings is 1. The number of nitrogens with one attached hydrogen (secondary N) is 2. The fourth-order valence-corrected chi connectivity index (χ4v) is 4.94. The molecular weight excluding hydrogens is 426 g/mol. The number of quaternary nitrogens is 1. The number of sulfonamides is 1. The van der Waals surface area contributed by atoms with E-state index in [2.05, 4.69) is 5.32 Å². The van der Waals surface area contributed by atoms with E-state index in [9.17, 15) is 30.8 Å². The van der Waals surface area contributed by atoms with E-state index in [-0.39, 0.29) is 38.6 Å². The molecule has 1 heterocycles. The van der Waals surface area contributed by atoms with Gasteiger partial charge in [-0.3, -0.25) is 4.79 Å². The molecule has 2 aromatic carbocycles. The lowest BCUT2D eigenvalue weighted by molar-refractivity contribution is -0.895. The SMILES string of the molecule is O=C(C[NH+]1CCN(S(=O)(=O)c2ccccc2C(F)(F)F)CC1)Nc1cccc(F)c1. The highest BCUT2D eigenvalue weighted by atomic mass is 32.2. The smallest absolute Gasteiger partial charge is 0.325 e. The summed E-state index contributed by atoms with van der Waals surface area (Å²) < 4.78 is 79.3. The number of hydrogen-bond donors (Lipinski definition) is 2. The molecule has 0 aromatic heterocycles. The zero-order valence-corrected chi connectivity index (χ0v) is 16.6. The van der Waals surface area contributed by atoms with Gasteiger partial charge in [-0.2, -0.15) is 17.5 Å². The van der Waals surface area contributed by atoms with Gasteiger partial charge in [0.2, 0.25) is 10.0 Å². The number of carbonyl (C=O) groups is 1. The normalized spacial score (nSPS) is 16.4. The number of nitrogens with zero attached hydrogens (tertiary/aromatic N) is 1. The maximum absolute atomic E-state index is 13.2. The molecular formula is C19H20F4N3O3S+. The summed E-state index contributed by atoms with van der Waals surface area (Å²) in [5.41, 5.74) is -0.890. The molecule has 162 valence electrons. The van der Waals surface area contributed by atoms with Crippen molar-refractivity contribution in [2.24, 2.45) is 0 Å². The summed E-state index contributed by atoms with van der Waals surface area (Å²) in [6.07, 6.45) is -4.79. The van der Waals surface area contributed by atoms with Crippen LogP contribution in [0.25, 0.3) is 0 Å². The van der Waals surface area contributed by atoms with E-state index in [1.165, 1.54) is 24.3 Å². The summed E-state index contributed by atoms with van der Waals surface area (Å²) in [5, 5.41) is 2.56. The lowest BCUT2D eigenvalue weighted by Gasteiger charge is -2.31. The lowest BCUT2D eigenvalue weighted by Crippen LogP contribution is -3.15. The Hall–Kier alpha value is -2.50. The maximum atomic E-state index is 13.2. The van der Waals surface area contributed by atoms with Gasteiger partial charge in [-0.1, -0.05) is 18.2 Å². The summed E-state index contributed by atoms with van der Waals surface area (Å²) in [4.78, 5) is 12.1. The van der Waals surface area contributed by atoms with Gasteiger partial charge < -0.3 is 10.2 Å². The predicted molar refractivity (Wildman–Crippen MR) is 101 cm³/mol. The zero-order chi connectivity index (χ0) is 21.9. The molecule has 0 aliphatic carbocycles. The number of benzene rings is 2. The molecule has 1 aliphatic heterocycles. The Bertz CT molecular complexity index is 1020. The van der Waals surface area contributed by atoms with Crippen molar-refractivity contribution in [1.29, 1.82) is 0 Å². The van der Waals surface area contributed by atoms with Gasteiger partial charge >= 0.3 is 6.18 Å². The van der Waals surface area contributed by atoms with E-state index < -0.39 is 32.5 Å². The van der Waals surface area contributed by atoms with Crippen LogP contribution in [0.1, 0.15) is 5.56 Å². The third-order valence-corrected chi connectivity index (χ3v) is 6.72. The molecule has 0 unspecified atom stereocenters. The third-order valence-electron chi connectivity index (χ3n) is 4.76. The minimum atomic E-state index is -4.79. The molecule has 0 atom stereocenters. The third kappa shape index (κ3) is 5.15. The Morgan fingerprint density at radius 2 is 1.73 bits per heavy atom. The first-order valence-corrected chi connectivity index (χ1v) is 10.6. The summed E-state index contributed by atoms with van der Waals surface area (Å²) in [7, 11) is -4.32. The Morgan fingerprint density at radius 1 is 1.07 bits per heavy atom. The van der Waals surface area contributed by atoms with Crippen molar-refractivity contribution >= 4 is 21.6 Å².